The molecule has 1 atom stereocenters. The average Bonchev–Trinajstić information content (AvgIpc) is 2.66. The fourth-order valence-corrected chi connectivity index (χ4v) is 2.94. The second-order valence-electron chi connectivity index (χ2n) is 7.86. The maximum atomic E-state index is 11.7. The van der Waals surface area contributed by atoms with Crippen molar-refractivity contribution in [3.8, 4) is 0 Å². The van der Waals surface area contributed by atoms with Crippen LogP contribution in [0.5, 0.6) is 0 Å². The third-order valence-corrected chi connectivity index (χ3v) is 4.78. The van der Waals surface area contributed by atoms with Crippen molar-refractivity contribution in [2.75, 3.05) is 13.2 Å². The highest BCUT2D eigenvalue weighted by molar-refractivity contribution is 5.69. The molecule has 0 radical (unpaired) electrons. The van der Waals surface area contributed by atoms with E-state index >= 15 is 0 Å². The van der Waals surface area contributed by atoms with Gasteiger partial charge in [-0.25, -0.2) is 0 Å². The highest BCUT2D eigenvalue weighted by Crippen LogP contribution is 2.10. The third-order valence-electron chi connectivity index (χ3n) is 4.78. The summed E-state index contributed by atoms with van der Waals surface area (Å²) in [7, 11) is 0. The fourth-order valence-electron chi connectivity index (χ4n) is 2.94. The molecule has 0 fully saturated rings. The standard InChI is InChI=1S/C23H44O4/c1-4-6-8-10-12-14-16-18-23(25)27-20-21(3)19-26-22(24)17-15-13-11-9-7-5-2/h21H,4-20H2,1-3H3. The molecular formula is C23H44O4. The van der Waals surface area contributed by atoms with Crippen LogP contribution >= 0.6 is 0 Å². The van der Waals surface area contributed by atoms with E-state index in [9.17, 15) is 9.59 Å². The molecule has 0 heterocycles. The van der Waals surface area contributed by atoms with Crippen LogP contribution in [0.15, 0.2) is 0 Å². The molecule has 0 aliphatic carbocycles. The Kier molecular flexibility index (Phi) is 18.9. The number of hydrogen-bond donors (Lipinski definition) is 0. The molecule has 4 heteroatoms. The van der Waals surface area contributed by atoms with Gasteiger partial charge in [0.2, 0.25) is 0 Å². The molecule has 0 rings (SSSR count). The maximum absolute atomic E-state index is 11.7. The van der Waals surface area contributed by atoms with E-state index in [0.29, 0.717) is 26.1 Å². The fraction of sp³-hybridized carbons (Fsp3) is 0.913. The van der Waals surface area contributed by atoms with Crippen molar-refractivity contribution in [1.29, 1.82) is 0 Å². The van der Waals surface area contributed by atoms with Crippen molar-refractivity contribution >= 4 is 11.9 Å². The van der Waals surface area contributed by atoms with E-state index in [-0.39, 0.29) is 17.9 Å². The van der Waals surface area contributed by atoms with Crippen LogP contribution in [0.3, 0.4) is 0 Å². The highest BCUT2D eigenvalue weighted by atomic mass is 16.5. The Morgan fingerprint density at radius 3 is 1.30 bits per heavy atom. The van der Waals surface area contributed by atoms with Crippen molar-refractivity contribution in [1.82, 2.24) is 0 Å². The van der Waals surface area contributed by atoms with Gasteiger partial charge in [0.05, 0.1) is 13.2 Å². The van der Waals surface area contributed by atoms with Gasteiger partial charge < -0.3 is 9.47 Å². The second-order valence-corrected chi connectivity index (χ2v) is 7.86. The van der Waals surface area contributed by atoms with E-state index in [1.165, 1.54) is 57.8 Å². The summed E-state index contributed by atoms with van der Waals surface area (Å²) in [4.78, 5) is 23.5. The molecule has 0 bridgehead atoms. The summed E-state index contributed by atoms with van der Waals surface area (Å²) in [5.74, 6) is -0.211. The molecule has 0 aromatic carbocycles. The number of rotatable bonds is 19. The first kappa shape index (κ1) is 25.9. The van der Waals surface area contributed by atoms with Crippen molar-refractivity contribution in [2.24, 2.45) is 5.92 Å². The predicted octanol–water partition coefficient (Wildman–Crippen LogP) is 6.60. The zero-order chi connectivity index (χ0) is 20.2. The van der Waals surface area contributed by atoms with E-state index in [1.54, 1.807) is 0 Å². The van der Waals surface area contributed by atoms with Gasteiger partial charge in [0.15, 0.2) is 0 Å². The third kappa shape index (κ3) is 19.5. The number of hydrogen-bond acceptors (Lipinski definition) is 4. The minimum Gasteiger partial charge on any atom is -0.465 e. The zero-order valence-electron chi connectivity index (χ0n) is 18.2. The monoisotopic (exact) mass is 384 g/mol. The van der Waals surface area contributed by atoms with Gasteiger partial charge >= 0.3 is 11.9 Å². The maximum Gasteiger partial charge on any atom is 0.305 e. The van der Waals surface area contributed by atoms with E-state index in [4.69, 9.17) is 9.47 Å². The Morgan fingerprint density at radius 2 is 0.926 bits per heavy atom. The van der Waals surface area contributed by atoms with Crippen LogP contribution in [0.2, 0.25) is 0 Å². The first-order chi connectivity index (χ1) is 13.1. The number of unbranched alkanes of at least 4 members (excludes halogenated alkanes) is 11. The molecule has 1 unspecified atom stereocenters. The van der Waals surface area contributed by atoms with Crippen LogP contribution in [-0.2, 0) is 19.1 Å². The van der Waals surface area contributed by atoms with Crippen molar-refractivity contribution < 1.29 is 19.1 Å². The van der Waals surface area contributed by atoms with Crippen molar-refractivity contribution in [3.63, 3.8) is 0 Å². The lowest BCUT2D eigenvalue weighted by Crippen LogP contribution is -2.18. The largest absolute Gasteiger partial charge is 0.465 e. The number of esters is 2. The molecule has 0 aromatic heterocycles. The zero-order valence-corrected chi connectivity index (χ0v) is 18.2. The van der Waals surface area contributed by atoms with Gasteiger partial charge in [-0.3, -0.25) is 9.59 Å². The van der Waals surface area contributed by atoms with Gasteiger partial charge in [-0.15, -0.1) is 0 Å². The van der Waals surface area contributed by atoms with E-state index in [1.807, 2.05) is 6.92 Å². The lowest BCUT2D eigenvalue weighted by atomic mass is 10.1. The van der Waals surface area contributed by atoms with E-state index in [0.717, 1.165) is 25.7 Å². The summed E-state index contributed by atoms with van der Waals surface area (Å²) in [6.45, 7) is 7.02. The van der Waals surface area contributed by atoms with Gasteiger partial charge in [0.1, 0.15) is 0 Å². The van der Waals surface area contributed by atoms with Gasteiger partial charge in [0.25, 0.3) is 0 Å². The summed E-state index contributed by atoms with van der Waals surface area (Å²) >= 11 is 0. The minimum absolute atomic E-state index is 0.0523. The normalized spacial score (nSPS) is 12.0. The minimum atomic E-state index is -0.133. The number of carbonyl (C=O) groups excluding carboxylic acids is 2. The predicted molar refractivity (Wildman–Crippen MR) is 112 cm³/mol. The van der Waals surface area contributed by atoms with Crippen LogP contribution < -0.4 is 0 Å². The summed E-state index contributed by atoms with van der Waals surface area (Å²) in [6.07, 6.45) is 16.3. The Hall–Kier alpha value is -1.06. The molecule has 0 saturated carbocycles. The summed E-state index contributed by atoms with van der Waals surface area (Å²) in [5.41, 5.74) is 0. The molecule has 0 amide bonds. The molecule has 0 spiro atoms. The number of ether oxygens (including phenoxy) is 2. The Balaban J connectivity index is 3.49. The van der Waals surface area contributed by atoms with Crippen LogP contribution in [0, 0.1) is 5.92 Å². The van der Waals surface area contributed by atoms with Crippen LogP contribution in [0.25, 0.3) is 0 Å². The first-order valence-corrected chi connectivity index (χ1v) is 11.4. The molecule has 4 nitrogen and oxygen atoms in total. The lowest BCUT2D eigenvalue weighted by Gasteiger charge is -2.13. The van der Waals surface area contributed by atoms with Crippen LogP contribution in [0.4, 0.5) is 0 Å². The molecule has 0 aliphatic heterocycles. The van der Waals surface area contributed by atoms with Crippen molar-refractivity contribution in [3.05, 3.63) is 0 Å². The van der Waals surface area contributed by atoms with Gasteiger partial charge in [-0.05, 0) is 12.8 Å². The SMILES string of the molecule is CCCCCCCCCC(=O)OCC(C)COC(=O)CCCCCCCC. The van der Waals surface area contributed by atoms with E-state index in [2.05, 4.69) is 13.8 Å². The molecule has 0 saturated heterocycles. The summed E-state index contributed by atoms with van der Waals surface area (Å²) < 4.78 is 10.6. The van der Waals surface area contributed by atoms with Crippen molar-refractivity contribution in [2.45, 2.75) is 117 Å². The molecule has 0 N–H and O–H groups in total. The van der Waals surface area contributed by atoms with Gasteiger partial charge in [-0.2, -0.15) is 0 Å². The van der Waals surface area contributed by atoms with Gasteiger partial charge in [-0.1, -0.05) is 91.4 Å². The quantitative estimate of drug-likeness (QED) is 0.186. The Labute approximate surface area is 167 Å². The summed E-state index contributed by atoms with van der Waals surface area (Å²) in [6, 6.07) is 0. The molecule has 0 aliphatic rings. The Morgan fingerprint density at radius 1 is 0.593 bits per heavy atom. The lowest BCUT2D eigenvalue weighted by molar-refractivity contribution is -0.148. The van der Waals surface area contributed by atoms with E-state index < -0.39 is 0 Å². The first-order valence-electron chi connectivity index (χ1n) is 11.4. The molecule has 27 heavy (non-hydrogen) atoms. The van der Waals surface area contributed by atoms with Crippen LogP contribution in [0.1, 0.15) is 117 Å². The molecular weight excluding hydrogens is 340 g/mol. The highest BCUT2D eigenvalue weighted by Gasteiger charge is 2.10. The topological polar surface area (TPSA) is 52.6 Å². The second kappa shape index (κ2) is 19.7. The average molecular weight is 385 g/mol. The molecule has 0 aromatic rings. The number of carbonyl (C=O) groups is 2. The summed E-state index contributed by atoms with van der Waals surface area (Å²) in [5, 5.41) is 0. The molecule has 160 valence electrons. The van der Waals surface area contributed by atoms with Gasteiger partial charge in [0, 0.05) is 18.8 Å². The smallest absolute Gasteiger partial charge is 0.305 e. The van der Waals surface area contributed by atoms with Crippen LogP contribution in [-0.4, -0.2) is 25.2 Å². The Bertz CT molecular complexity index is 354.